The van der Waals surface area contributed by atoms with Gasteiger partial charge in [0.2, 0.25) is 0 Å². The standard InChI is InChI=1S/C33H60O6Si2/c1-12-41(13-2,14-3)39-29(21-18-23-33(8,35)30(34)36-9)22-24-32(7,37-27-28-19-16-15-17-20-28)25-26-38-40(10,11)31(4,5)6/h15-21,29,35H,12-14,22-27H2,1-11H3/b21-18+/t29-,32-,33+/m0/s1. The van der Waals surface area contributed by atoms with Gasteiger partial charge in [0.25, 0.3) is 0 Å². The van der Waals surface area contributed by atoms with Gasteiger partial charge in [0.05, 0.1) is 25.4 Å². The number of rotatable bonds is 19. The first kappa shape index (κ1) is 37.7. The van der Waals surface area contributed by atoms with Crippen LogP contribution in [0.1, 0.15) is 86.6 Å². The third-order valence-corrected chi connectivity index (χ3v) is 18.3. The summed E-state index contributed by atoms with van der Waals surface area (Å²) < 4.78 is 24.9. The summed E-state index contributed by atoms with van der Waals surface area (Å²) in [4.78, 5) is 12.0. The highest BCUT2D eigenvalue weighted by atomic mass is 28.4. The van der Waals surface area contributed by atoms with Crippen LogP contribution < -0.4 is 0 Å². The van der Waals surface area contributed by atoms with Crippen LogP contribution in [0.5, 0.6) is 0 Å². The predicted molar refractivity (Wildman–Crippen MR) is 175 cm³/mol. The van der Waals surface area contributed by atoms with Gasteiger partial charge in [-0.25, -0.2) is 4.79 Å². The molecule has 1 aromatic carbocycles. The van der Waals surface area contributed by atoms with Crippen LogP contribution in [0.4, 0.5) is 0 Å². The van der Waals surface area contributed by atoms with Crippen LogP contribution in [0.25, 0.3) is 0 Å². The minimum atomic E-state index is -1.91. The first-order valence-electron chi connectivity index (χ1n) is 15.5. The molecule has 0 bridgehead atoms. The molecule has 1 N–H and O–H groups in total. The van der Waals surface area contributed by atoms with Crippen LogP contribution in [-0.4, -0.2) is 58.7 Å². The molecule has 0 fully saturated rings. The van der Waals surface area contributed by atoms with Crippen molar-refractivity contribution in [3.8, 4) is 0 Å². The number of aliphatic hydroxyl groups is 1. The molecular weight excluding hydrogens is 549 g/mol. The van der Waals surface area contributed by atoms with Gasteiger partial charge in [-0.15, -0.1) is 0 Å². The molecular formula is C33H60O6Si2. The van der Waals surface area contributed by atoms with Gasteiger partial charge in [0, 0.05) is 13.0 Å². The summed E-state index contributed by atoms with van der Waals surface area (Å²) in [6.07, 6.45) is 6.30. The Morgan fingerprint density at radius 3 is 2.07 bits per heavy atom. The van der Waals surface area contributed by atoms with Crippen LogP contribution >= 0.6 is 0 Å². The van der Waals surface area contributed by atoms with E-state index in [2.05, 4.69) is 73.7 Å². The molecule has 6 nitrogen and oxygen atoms in total. The van der Waals surface area contributed by atoms with Gasteiger partial charge >= 0.3 is 5.97 Å². The first-order valence-corrected chi connectivity index (χ1v) is 20.9. The van der Waals surface area contributed by atoms with Crippen LogP contribution in [0.2, 0.25) is 36.3 Å². The Morgan fingerprint density at radius 2 is 1.56 bits per heavy atom. The number of hydrogen-bond donors (Lipinski definition) is 1. The van der Waals surface area contributed by atoms with Crippen LogP contribution in [0.15, 0.2) is 42.5 Å². The molecule has 0 aromatic heterocycles. The van der Waals surface area contributed by atoms with Crippen molar-refractivity contribution in [2.75, 3.05) is 13.7 Å². The monoisotopic (exact) mass is 608 g/mol. The van der Waals surface area contributed by atoms with E-state index < -0.39 is 33.8 Å². The molecule has 0 saturated heterocycles. The minimum Gasteiger partial charge on any atom is -0.467 e. The largest absolute Gasteiger partial charge is 0.467 e. The Labute approximate surface area is 253 Å². The third-order valence-electron chi connectivity index (χ3n) is 9.11. The lowest BCUT2D eigenvalue weighted by Crippen LogP contribution is -2.43. The van der Waals surface area contributed by atoms with E-state index in [9.17, 15) is 9.90 Å². The van der Waals surface area contributed by atoms with Crippen molar-refractivity contribution in [1.29, 1.82) is 0 Å². The fraction of sp³-hybridized carbons (Fsp3) is 0.727. The minimum absolute atomic E-state index is 0.129. The van der Waals surface area contributed by atoms with Crippen molar-refractivity contribution < 1.29 is 28.2 Å². The normalized spacial score (nSPS) is 16.8. The number of carbonyl (C=O) groups excluding carboxylic acids is 1. The zero-order chi connectivity index (χ0) is 31.4. The zero-order valence-corrected chi connectivity index (χ0v) is 30.0. The average molecular weight is 609 g/mol. The van der Waals surface area contributed by atoms with Gasteiger partial charge in [0.1, 0.15) is 0 Å². The first-order chi connectivity index (χ1) is 19.0. The van der Waals surface area contributed by atoms with E-state index in [0.717, 1.165) is 43.0 Å². The van der Waals surface area contributed by atoms with Gasteiger partial charge in [0.15, 0.2) is 22.2 Å². The Bertz CT molecular complexity index is 913. The lowest BCUT2D eigenvalue weighted by atomic mass is 9.93. The van der Waals surface area contributed by atoms with E-state index in [1.165, 1.54) is 14.0 Å². The summed E-state index contributed by atoms with van der Waals surface area (Å²) in [7, 11) is -2.49. The Morgan fingerprint density at radius 1 is 0.976 bits per heavy atom. The van der Waals surface area contributed by atoms with Gasteiger partial charge in [-0.1, -0.05) is 84.0 Å². The number of methoxy groups -OCH3 is 1. The van der Waals surface area contributed by atoms with Gasteiger partial charge in [-0.3, -0.25) is 0 Å². The van der Waals surface area contributed by atoms with E-state index in [1.807, 2.05) is 30.4 Å². The van der Waals surface area contributed by atoms with Crippen molar-refractivity contribution >= 4 is 22.6 Å². The molecule has 0 radical (unpaired) electrons. The maximum Gasteiger partial charge on any atom is 0.337 e. The number of benzene rings is 1. The van der Waals surface area contributed by atoms with E-state index in [4.69, 9.17) is 18.3 Å². The topological polar surface area (TPSA) is 74.2 Å². The van der Waals surface area contributed by atoms with Crippen molar-refractivity contribution in [3.05, 3.63) is 48.0 Å². The number of ether oxygens (including phenoxy) is 2. The van der Waals surface area contributed by atoms with E-state index in [1.54, 1.807) is 0 Å². The maximum absolute atomic E-state index is 12.0. The molecule has 41 heavy (non-hydrogen) atoms. The fourth-order valence-electron chi connectivity index (χ4n) is 4.56. The molecule has 0 amide bonds. The van der Waals surface area contributed by atoms with Crippen molar-refractivity contribution in [2.24, 2.45) is 0 Å². The second-order valence-corrected chi connectivity index (χ2v) is 23.0. The summed E-state index contributed by atoms with van der Waals surface area (Å²) in [5, 5.41) is 10.7. The van der Waals surface area contributed by atoms with Crippen molar-refractivity contribution in [2.45, 2.75) is 141 Å². The van der Waals surface area contributed by atoms with Gasteiger partial charge < -0.3 is 23.4 Å². The molecule has 8 heteroatoms. The van der Waals surface area contributed by atoms with E-state index in [0.29, 0.717) is 13.2 Å². The van der Waals surface area contributed by atoms with Crippen LogP contribution in [0, 0.1) is 0 Å². The molecule has 0 heterocycles. The number of esters is 1. The van der Waals surface area contributed by atoms with Gasteiger partial charge in [-0.05, 0) is 74.9 Å². The van der Waals surface area contributed by atoms with Gasteiger partial charge in [-0.2, -0.15) is 0 Å². The van der Waals surface area contributed by atoms with Crippen LogP contribution in [-0.2, 0) is 29.7 Å². The van der Waals surface area contributed by atoms with E-state index >= 15 is 0 Å². The predicted octanol–water partition coefficient (Wildman–Crippen LogP) is 8.41. The second kappa shape index (κ2) is 16.5. The average Bonchev–Trinajstić information content (AvgIpc) is 2.92. The molecule has 236 valence electrons. The number of hydrogen-bond acceptors (Lipinski definition) is 6. The summed E-state index contributed by atoms with van der Waals surface area (Å²) in [6.45, 7) is 22.9. The maximum atomic E-state index is 12.0. The molecule has 0 spiro atoms. The molecule has 3 atom stereocenters. The Kier molecular flexibility index (Phi) is 15.2. The van der Waals surface area contributed by atoms with Crippen molar-refractivity contribution in [3.63, 3.8) is 0 Å². The number of carbonyl (C=O) groups is 1. The molecule has 0 aliphatic heterocycles. The zero-order valence-electron chi connectivity index (χ0n) is 28.0. The Balaban J connectivity index is 3.16. The molecule has 0 aliphatic carbocycles. The van der Waals surface area contributed by atoms with Crippen LogP contribution in [0.3, 0.4) is 0 Å². The van der Waals surface area contributed by atoms with Crippen molar-refractivity contribution in [1.82, 2.24) is 0 Å². The molecule has 1 rings (SSSR count). The molecule has 0 aliphatic rings. The third kappa shape index (κ3) is 12.5. The fourth-order valence-corrected chi connectivity index (χ4v) is 8.44. The second-order valence-electron chi connectivity index (χ2n) is 13.4. The lowest BCUT2D eigenvalue weighted by Gasteiger charge is -2.38. The SMILES string of the molecule is CC[Si](CC)(CC)O[C@@H](/C=C/C[C@@](C)(O)C(=O)OC)CC[C@@](C)(CCO[Si](C)(C)C(C)(C)C)OCc1ccccc1. The smallest absolute Gasteiger partial charge is 0.337 e. The highest BCUT2D eigenvalue weighted by Gasteiger charge is 2.38. The molecule has 0 saturated carbocycles. The summed E-state index contributed by atoms with van der Waals surface area (Å²) in [5.74, 6) is -0.636. The molecule has 1 aromatic rings. The molecule has 0 unspecified atom stereocenters. The summed E-state index contributed by atoms with van der Waals surface area (Å²) in [5.41, 5.74) is -0.824. The van der Waals surface area contributed by atoms with E-state index in [-0.39, 0.29) is 17.6 Å². The summed E-state index contributed by atoms with van der Waals surface area (Å²) >= 11 is 0. The highest BCUT2D eigenvalue weighted by molar-refractivity contribution is 6.74. The summed E-state index contributed by atoms with van der Waals surface area (Å²) in [6, 6.07) is 13.4. The quantitative estimate of drug-likeness (QED) is 0.0965. The lowest BCUT2D eigenvalue weighted by molar-refractivity contribution is -0.160. The highest BCUT2D eigenvalue weighted by Crippen LogP contribution is 2.37. The Hall–Kier alpha value is -1.30.